The SMILES string of the molecule is CC/C=C\C/C=C\C/C=C\C/C=C\C/C=C\CCCCCCCC(=O)OCC(COC(=O)CCCCCCCCCCCCCC)OC(=O)CCCCCCC/C=C\C/C=C\C/C=C\CC. The molecule has 0 aliphatic rings. The number of rotatable bonds is 48. The Kier molecular flexibility index (Phi) is 50.9. The van der Waals surface area contributed by atoms with E-state index in [4.69, 9.17) is 14.2 Å². The Bertz CT molecular complexity index is 1330. The minimum atomic E-state index is -0.794. The molecule has 0 amide bonds. The third-order valence-electron chi connectivity index (χ3n) is 11.3. The first-order valence-electron chi connectivity index (χ1n) is 27.2. The Balaban J connectivity index is 4.42. The zero-order chi connectivity index (χ0) is 47.9. The minimum Gasteiger partial charge on any atom is -0.462 e. The summed E-state index contributed by atoms with van der Waals surface area (Å²) in [6.45, 7) is 6.38. The normalized spacial score (nSPS) is 12.8. The molecule has 66 heavy (non-hydrogen) atoms. The van der Waals surface area contributed by atoms with Gasteiger partial charge >= 0.3 is 17.9 Å². The maximum absolute atomic E-state index is 12.8. The number of carbonyl (C=O) groups is 3. The predicted octanol–water partition coefficient (Wildman–Crippen LogP) is 18.1. The number of hydrogen-bond donors (Lipinski definition) is 0. The zero-order valence-electron chi connectivity index (χ0n) is 42.9. The van der Waals surface area contributed by atoms with Crippen LogP contribution in [-0.4, -0.2) is 37.2 Å². The monoisotopic (exact) mass is 917 g/mol. The van der Waals surface area contributed by atoms with Crippen LogP contribution in [0.15, 0.2) is 97.2 Å². The summed E-state index contributed by atoms with van der Waals surface area (Å²) in [4.78, 5) is 38.1. The smallest absolute Gasteiger partial charge is 0.306 e. The van der Waals surface area contributed by atoms with Crippen molar-refractivity contribution < 1.29 is 28.6 Å². The van der Waals surface area contributed by atoms with Gasteiger partial charge in [-0.15, -0.1) is 0 Å². The molecule has 0 saturated heterocycles. The van der Waals surface area contributed by atoms with Crippen molar-refractivity contribution in [2.24, 2.45) is 0 Å². The first-order valence-corrected chi connectivity index (χ1v) is 27.2. The van der Waals surface area contributed by atoms with Crippen molar-refractivity contribution in [2.45, 2.75) is 252 Å². The fourth-order valence-electron chi connectivity index (χ4n) is 7.31. The molecule has 1 unspecified atom stereocenters. The Labute approximate surface area is 407 Å². The van der Waals surface area contributed by atoms with Crippen LogP contribution < -0.4 is 0 Å². The molecule has 0 radical (unpaired) electrons. The van der Waals surface area contributed by atoms with Gasteiger partial charge in [0.1, 0.15) is 13.2 Å². The fraction of sp³-hybridized carbons (Fsp3) is 0.683. The number of carbonyl (C=O) groups excluding carboxylic acids is 3. The molecule has 0 bridgehead atoms. The maximum Gasteiger partial charge on any atom is 0.306 e. The van der Waals surface area contributed by atoms with E-state index in [1.54, 1.807) is 0 Å². The number of unbranched alkanes of at least 4 members (excludes halogenated alkanes) is 21. The summed E-state index contributed by atoms with van der Waals surface area (Å²) in [5.41, 5.74) is 0. The van der Waals surface area contributed by atoms with E-state index in [9.17, 15) is 14.4 Å². The molecular formula is C60H100O6. The molecule has 0 aromatic carbocycles. The highest BCUT2D eigenvalue weighted by Gasteiger charge is 2.19. The van der Waals surface area contributed by atoms with Crippen molar-refractivity contribution in [3.8, 4) is 0 Å². The molecule has 0 saturated carbocycles. The highest BCUT2D eigenvalue weighted by molar-refractivity contribution is 5.71. The first kappa shape index (κ1) is 62.3. The van der Waals surface area contributed by atoms with Crippen molar-refractivity contribution in [1.82, 2.24) is 0 Å². The Morgan fingerprint density at radius 1 is 0.318 bits per heavy atom. The van der Waals surface area contributed by atoms with Gasteiger partial charge in [0.05, 0.1) is 0 Å². The first-order chi connectivity index (χ1) is 32.5. The molecule has 0 aromatic heterocycles. The Morgan fingerprint density at radius 2 is 0.591 bits per heavy atom. The van der Waals surface area contributed by atoms with Crippen LogP contribution in [0.5, 0.6) is 0 Å². The molecule has 0 heterocycles. The summed E-state index contributed by atoms with van der Waals surface area (Å²) in [5.74, 6) is -0.926. The largest absolute Gasteiger partial charge is 0.462 e. The van der Waals surface area contributed by atoms with E-state index in [2.05, 4.69) is 118 Å². The highest BCUT2D eigenvalue weighted by atomic mass is 16.6. The second-order valence-corrected chi connectivity index (χ2v) is 17.7. The Morgan fingerprint density at radius 3 is 0.924 bits per heavy atom. The molecule has 0 aromatic rings. The second kappa shape index (κ2) is 53.9. The minimum absolute atomic E-state index is 0.0901. The van der Waals surface area contributed by atoms with E-state index in [0.717, 1.165) is 148 Å². The van der Waals surface area contributed by atoms with Gasteiger partial charge in [-0.2, -0.15) is 0 Å². The molecule has 0 aliphatic carbocycles. The number of allylic oxidation sites excluding steroid dienone is 16. The fourth-order valence-corrected chi connectivity index (χ4v) is 7.31. The van der Waals surface area contributed by atoms with Crippen LogP contribution in [0.25, 0.3) is 0 Å². The average molecular weight is 917 g/mol. The highest BCUT2D eigenvalue weighted by Crippen LogP contribution is 2.14. The van der Waals surface area contributed by atoms with Crippen molar-refractivity contribution in [2.75, 3.05) is 13.2 Å². The van der Waals surface area contributed by atoms with Crippen molar-refractivity contribution >= 4 is 17.9 Å². The third-order valence-corrected chi connectivity index (χ3v) is 11.3. The lowest BCUT2D eigenvalue weighted by Crippen LogP contribution is -2.30. The molecule has 0 fully saturated rings. The molecule has 0 rings (SSSR count). The van der Waals surface area contributed by atoms with E-state index in [1.165, 1.54) is 57.8 Å². The quantitative estimate of drug-likeness (QED) is 0.0262. The van der Waals surface area contributed by atoms with Gasteiger partial charge in [0, 0.05) is 19.3 Å². The van der Waals surface area contributed by atoms with Crippen LogP contribution in [0, 0.1) is 0 Å². The number of esters is 3. The van der Waals surface area contributed by atoms with Gasteiger partial charge in [0.15, 0.2) is 6.10 Å². The molecule has 6 nitrogen and oxygen atoms in total. The van der Waals surface area contributed by atoms with Crippen LogP contribution in [0.3, 0.4) is 0 Å². The van der Waals surface area contributed by atoms with Crippen LogP contribution >= 0.6 is 0 Å². The second-order valence-electron chi connectivity index (χ2n) is 17.7. The summed E-state index contributed by atoms with van der Waals surface area (Å²) in [6.07, 6.45) is 71.0. The maximum atomic E-state index is 12.8. The van der Waals surface area contributed by atoms with E-state index in [1.807, 2.05) is 0 Å². The van der Waals surface area contributed by atoms with Gasteiger partial charge in [-0.05, 0) is 96.3 Å². The predicted molar refractivity (Wildman–Crippen MR) is 284 cm³/mol. The standard InChI is InChI=1S/C60H100O6/c1-4-7-10-13-16-19-22-25-27-28-29-30-31-32-34-35-38-41-44-47-50-53-59(62)65-56-57(55-64-58(61)52-49-46-43-40-37-24-21-18-15-12-9-6-3)66-60(63)54-51-48-45-42-39-36-33-26-23-20-17-14-11-8-5-2/h7-8,10-11,16-17,19-20,25-27,29-30,32-34,57H,4-6,9,12-15,18,21-24,28,31,35-56H2,1-3H3/b10-7-,11-8-,19-16-,20-17-,27-25-,30-29-,33-26-,34-32-. The molecule has 6 heteroatoms. The molecule has 0 N–H and O–H groups in total. The van der Waals surface area contributed by atoms with E-state index in [0.29, 0.717) is 19.3 Å². The van der Waals surface area contributed by atoms with Crippen molar-refractivity contribution in [3.63, 3.8) is 0 Å². The number of ether oxygens (including phenoxy) is 3. The molecule has 0 aliphatic heterocycles. The van der Waals surface area contributed by atoms with Gasteiger partial charge in [-0.1, -0.05) is 227 Å². The van der Waals surface area contributed by atoms with Gasteiger partial charge < -0.3 is 14.2 Å². The molecular weight excluding hydrogens is 817 g/mol. The third kappa shape index (κ3) is 51.3. The summed E-state index contributed by atoms with van der Waals surface area (Å²) >= 11 is 0. The zero-order valence-corrected chi connectivity index (χ0v) is 42.9. The van der Waals surface area contributed by atoms with Crippen LogP contribution in [0.2, 0.25) is 0 Å². The summed E-state index contributed by atoms with van der Waals surface area (Å²) in [6, 6.07) is 0. The van der Waals surface area contributed by atoms with E-state index < -0.39 is 6.10 Å². The van der Waals surface area contributed by atoms with Crippen molar-refractivity contribution in [3.05, 3.63) is 97.2 Å². The van der Waals surface area contributed by atoms with E-state index >= 15 is 0 Å². The summed E-state index contributed by atoms with van der Waals surface area (Å²) < 4.78 is 16.8. The lowest BCUT2D eigenvalue weighted by Gasteiger charge is -2.18. The molecule has 1 atom stereocenters. The molecule has 376 valence electrons. The Hall–Kier alpha value is -3.67. The van der Waals surface area contributed by atoms with Crippen LogP contribution in [-0.2, 0) is 28.6 Å². The van der Waals surface area contributed by atoms with Gasteiger partial charge in [-0.25, -0.2) is 0 Å². The van der Waals surface area contributed by atoms with Crippen LogP contribution in [0.4, 0.5) is 0 Å². The average Bonchev–Trinajstić information content (AvgIpc) is 3.31. The van der Waals surface area contributed by atoms with Gasteiger partial charge in [0.2, 0.25) is 0 Å². The number of hydrogen-bond acceptors (Lipinski definition) is 6. The summed E-state index contributed by atoms with van der Waals surface area (Å²) in [7, 11) is 0. The van der Waals surface area contributed by atoms with E-state index in [-0.39, 0.29) is 31.1 Å². The molecule has 0 spiro atoms. The van der Waals surface area contributed by atoms with Gasteiger partial charge in [-0.3, -0.25) is 14.4 Å². The summed E-state index contributed by atoms with van der Waals surface area (Å²) in [5, 5.41) is 0. The topological polar surface area (TPSA) is 78.9 Å². The lowest BCUT2D eigenvalue weighted by molar-refractivity contribution is -0.167. The van der Waals surface area contributed by atoms with Crippen LogP contribution in [0.1, 0.15) is 245 Å². The van der Waals surface area contributed by atoms with Crippen molar-refractivity contribution in [1.29, 1.82) is 0 Å². The van der Waals surface area contributed by atoms with Gasteiger partial charge in [0.25, 0.3) is 0 Å². The lowest BCUT2D eigenvalue weighted by atomic mass is 10.0.